The lowest BCUT2D eigenvalue weighted by atomic mass is 9.73. The molecule has 1 aromatic heterocycles. The summed E-state index contributed by atoms with van der Waals surface area (Å²) < 4.78 is 0. The number of fused-ring (bicyclic) bond motifs is 2. The largest absolute Gasteiger partial charge is 0.311 e. The first-order chi connectivity index (χ1) is 21.1. The molecule has 43 heavy (non-hydrogen) atoms. The molecule has 0 N–H and O–H groups in total. The third kappa shape index (κ3) is 4.70. The number of ketones is 1. The maximum absolute atomic E-state index is 13.9. The highest BCUT2D eigenvalue weighted by Gasteiger charge is 2.45. The molecule has 1 heterocycles. The molecule has 2 nitrogen and oxygen atoms in total. The van der Waals surface area contributed by atoms with Crippen LogP contribution < -0.4 is 4.90 Å². The molecule has 0 saturated carbocycles. The van der Waals surface area contributed by atoms with E-state index in [9.17, 15) is 4.79 Å². The van der Waals surface area contributed by atoms with Crippen LogP contribution in [0.1, 0.15) is 47.5 Å². The number of rotatable bonds is 7. The van der Waals surface area contributed by atoms with Gasteiger partial charge in [0.05, 0.1) is 0 Å². The Kier molecular flexibility index (Phi) is 7.04. The van der Waals surface area contributed by atoms with Crippen LogP contribution >= 0.6 is 11.3 Å². The molecule has 0 unspecified atom stereocenters. The van der Waals surface area contributed by atoms with Crippen LogP contribution in [0.25, 0.3) is 27.3 Å². The zero-order chi connectivity index (χ0) is 29.4. The van der Waals surface area contributed by atoms with Gasteiger partial charge in [0.2, 0.25) is 0 Å². The molecule has 0 bridgehead atoms. The van der Waals surface area contributed by atoms with Crippen molar-refractivity contribution in [1.82, 2.24) is 0 Å². The predicted octanol–water partition coefficient (Wildman–Crippen LogP) is 11.4. The average molecular weight is 576 g/mol. The number of benzene rings is 5. The minimum atomic E-state index is -0.263. The molecular formula is C40H33NOS. The lowest BCUT2D eigenvalue weighted by molar-refractivity contribution is 0.103. The van der Waals surface area contributed by atoms with Gasteiger partial charge in [-0.1, -0.05) is 86.6 Å². The molecule has 5 aromatic carbocycles. The van der Waals surface area contributed by atoms with Crippen molar-refractivity contribution in [3.63, 3.8) is 0 Å². The Balaban J connectivity index is 1.22. The molecule has 0 radical (unpaired) electrons. The summed E-state index contributed by atoms with van der Waals surface area (Å²) in [6, 6.07) is 46.7. The zero-order valence-corrected chi connectivity index (χ0v) is 25.3. The highest BCUT2D eigenvalue weighted by molar-refractivity contribution is 7.16. The fourth-order valence-electron chi connectivity index (χ4n) is 6.65. The first kappa shape index (κ1) is 27.1. The molecule has 0 aliphatic heterocycles. The van der Waals surface area contributed by atoms with Gasteiger partial charge in [0.15, 0.2) is 5.78 Å². The van der Waals surface area contributed by atoms with E-state index in [1.165, 1.54) is 21.4 Å². The molecular weight excluding hydrogens is 543 g/mol. The lowest BCUT2D eigenvalue weighted by Crippen LogP contribution is -2.24. The second-order valence-electron chi connectivity index (χ2n) is 11.2. The molecule has 0 fully saturated rings. The molecule has 210 valence electrons. The monoisotopic (exact) mass is 575 g/mol. The summed E-state index contributed by atoms with van der Waals surface area (Å²) in [4.78, 5) is 18.5. The maximum Gasteiger partial charge on any atom is 0.190 e. The second kappa shape index (κ2) is 11.2. The number of hydrogen-bond donors (Lipinski definition) is 0. The van der Waals surface area contributed by atoms with Gasteiger partial charge in [-0.25, -0.2) is 0 Å². The number of hydrogen-bond acceptors (Lipinski definition) is 3. The molecule has 6 aromatic rings. The van der Waals surface area contributed by atoms with E-state index in [1.54, 1.807) is 11.3 Å². The molecule has 1 aliphatic rings. The van der Waals surface area contributed by atoms with Gasteiger partial charge in [-0.05, 0) is 101 Å². The van der Waals surface area contributed by atoms with Crippen molar-refractivity contribution in [2.75, 3.05) is 4.90 Å². The van der Waals surface area contributed by atoms with E-state index >= 15 is 0 Å². The van der Waals surface area contributed by atoms with E-state index in [-0.39, 0.29) is 11.2 Å². The van der Waals surface area contributed by atoms with Crippen molar-refractivity contribution in [3.8, 4) is 10.4 Å². The average Bonchev–Trinajstić information content (AvgIpc) is 3.62. The minimum absolute atomic E-state index is 0.172. The summed E-state index contributed by atoms with van der Waals surface area (Å²) in [7, 11) is 0. The van der Waals surface area contributed by atoms with E-state index in [2.05, 4.69) is 140 Å². The molecule has 7 rings (SSSR count). The van der Waals surface area contributed by atoms with E-state index in [4.69, 9.17) is 0 Å². The number of allylic oxidation sites excluding steroid dienone is 1. The molecule has 0 atom stereocenters. The normalized spacial score (nSPS) is 14.7. The maximum atomic E-state index is 13.9. The van der Waals surface area contributed by atoms with Crippen LogP contribution in [0.15, 0.2) is 139 Å². The Morgan fingerprint density at radius 2 is 1.21 bits per heavy atom. The lowest BCUT2D eigenvalue weighted by Gasteiger charge is -2.29. The first-order valence-electron chi connectivity index (χ1n) is 15.0. The van der Waals surface area contributed by atoms with Crippen LogP contribution in [0.2, 0.25) is 0 Å². The second-order valence-corrected chi connectivity index (χ2v) is 12.3. The predicted molar refractivity (Wildman–Crippen MR) is 183 cm³/mol. The molecule has 0 saturated heterocycles. The fraction of sp³-hybridized carbons (Fsp3) is 0.125. The Bertz CT molecular complexity index is 1910. The SMILES string of the molecule is CCC1(CC)/C(=C\c2ccc(-c3ccc(N(c4ccccc4)c4ccccc4)cc3)s2)C(=O)c2cc3ccccc3cc21. The smallest absolute Gasteiger partial charge is 0.190 e. The number of thiophene rings is 1. The van der Waals surface area contributed by atoms with Gasteiger partial charge in [-0.2, -0.15) is 0 Å². The van der Waals surface area contributed by atoms with Gasteiger partial charge in [0, 0.05) is 43.4 Å². The van der Waals surface area contributed by atoms with Gasteiger partial charge in [0.25, 0.3) is 0 Å². The van der Waals surface area contributed by atoms with E-state index in [0.29, 0.717) is 0 Å². The summed E-state index contributed by atoms with van der Waals surface area (Å²) >= 11 is 1.74. The number of carbonyl (C=O) groups is 1. The van der Waals surface area contributed by atoms with Crippen LogP contribution in [-0.2, 0) is 5.41 Å². The van der Waals surface area contributed by atoms with Crippen LogP contribution in [0.5, 0.6) is 0 Å². The summed E-state index contributed by atoms with van der Waals surface area (Å²) in [5.74, 6) is 0.172. The van der Waals surface area contributed by atoms with Crippen LogP contribution in [0, 0.1) is 0 Å². The molecule has 0 spiro atoms. The number of anilines is 3. The van der Waals surface area contributed by atoms with Gasteiger partial charge < -0.3 is 4.90 Å². The standard InChI is InChI=1S/C40H33NOS/c1-3-40(4-2)36-26-30-14-12-11-13-29(30)25-35(36)39(42)37(40)27-34-23-24-38(43-34)28-19-21-33(22-20-28)41(31-15-7-5-8-16-31)32-17-9-6-10-18-32/h5-27H,3-4H2,1-2H3/b37-27-. The highest BCUT2D eigenvalue weighted by atomic mass is 32.1. The quantitative estimate of drug-likeness (QED) is 0.176. The molecule has 3 heteroatoms. The molecule has 0 amide bonds. The van der Waals surface area contributed by atoms with Crippen molar-refractivity contribution in [1.29, 1.82) is 0 Å². The van der Waals surface area contributed by atoms with E-state index in [0.717, 1.165) is 51.3 Å². The van der Waals surface area contributed by atoms with Gasteiger partial charge >= 0.3 is 0 Å². The third-order valence-electron chi connectivity index (χ3n) is 8.97. The Morgan fingerprint density at radius 3 is 1.81 bits per heavy atom. The Morgan fingerprint density at radius 1 is 0.651 bits per heavy atom. The van der Waals surface area contributed by atoms with Crippen molar-refractivity contribution in [3.05, 3.63) is 155 Å². The van der Waals surface area contributed by atoms with Gasteiger partial charge in [-0.3, -0.25) is 4.79 Å². The Labute approximate surface area is 257 Å². The number of Topliss-reactive ketones (excluding diaryl/α,β-unsaturated/α-hetero) is 1. The van der Waals surface area contributed by atoms with Crippen molar-refractivity contribution in [2.24, 2.45) is 0 Å². The fourth-order valence-corrected chi connectivity index (χ4v) is 7.61. The molecule has 1 aliphatic carbocycles. The summed E-state index contributed by atoms with van der Waals surface area (Å²) in [5, 5.41) is 2.32. The van der Waals surface area contributed by atoms with Crippen molar-refractivity contribution >= 4 is 51.0 Å². The number of carbonyl (C=O) groups excluding carboxylic acids is 1. The number of nitrogens with zero attached hydrogens (tertiary/aromatic N) is 1. The summed E-state index contributed by atoms with van der Waals surface area (Å²) in [5.41, 5.74) is 7.23. The topological polar surface area (TPSA) is 20.3 Å². The van der Waals surface area contributed by atoms with Gasteiger partial charge in [-0.15, -0.1) is 11.3 Å². The van der Waals surface area contributed by atoms with E-state index < -0.39 is 0 Å². The minimum Gasteiger partial charge on any atom is -0.311 e. The van der Waals surface area contributed by atoms with Crippen molar-refractivity contribution in [2.45, 2.75) is 32.1 Å². The van der Waals surface area contributed by atoms with Crippen LogP contribution in [0.3, 0.4) is 0 Å². The summed E-state index contributed by atoms with van der Waals surface area (Å²) in [6.07, 6.45) is 3.95. The van der Waals surface area contributed by atoms with E-state index in [1.807, 2.05) is 18.2 Å². The van der Waals surface area contributed by atoms with Gasteiger partial charge in [0.1, 0.15) is 0 Å². The van der Waals surface area contributed by atoms with Crippen LogP contribution in [0.4, 0.5) is 17.1 Å². The van der Waals surface area contributed by atoms with Crippen LogP contribution in [-0.4, -0.2) is 5.78 Å². The summed E-state index contributed by atoms with van der Waals surface area (Å²) in [6.45, 7) is 4.43. The van der Waals surface area contributed by atoms with Crippen molar-refractivity contribution < 1.29 is 4.79 Å². The first-order valence-corrected chi connectivity index (χ1v) is 15.8. The third-order valence-corrected chi connectivity index (χ3v) is 10.0. The zero-order valence-electron chi connectivity index (χ0n) is 24.5. The highest BCUT2D eigenvalue weighted by Crippen LogP contribution is 2.50. The number of para-hydroxylation sites is 2. The Hall–Kier alpha value is -4.73.